The fraction of sp³-hybridized carbons (Fsp3) is 0.750. The molecule has 0 amide bonds. The Morgan fingerprint density at radius 1 is 0.429 bits per heavy atom. The molecule has 0 aromatic heterocycles. The van der Waals surface area contributed by atoms with E-state index in [9.17, 15) is 29.4 Å². The minimum Gasteiger partial charge on any atom is -0.545 e. The highest BCUT2D eigenvalue weighted by molar-refractivity contribution is 5.89. The summed E-state index contributed by atoms with van der Waals surface area (Å²) in [6, 6.07) is 0. The Balaban J connectivity index is -0.000000235. The molecule has 0 aliphatic heterocycles. The summed E-state index contributed by atoms with van der Waals surface area (Å²) >= 11 is 0. The number of rotatable bonds is 20. The van der Waals surface area contributed by atoms with E-state index in [1.807, 2.05) is 0 Å². The van der Waals surface area contributed by atoms with E-state index in [2.05, 4.69) is 55.4 Å². The fourth-order valence-corrected chi connectivity index (χ4v) is 5.42. The Bertz CT molecular complexity index is 598. The minimum absolute atomic E-state index is 0.384. The van der Waals surface area contributed by atoms with Crippen molar-refractivity contribution in [2.24, 2.45) is 0 Å². The summed E-state index contributed by atoms with van der Waals surface area (Å²) < 4.78 is 2.75. The second kappa shape index (κ2) is 31.2. The van der Waals surface area contributed by atoms with E-state index in [1.165, 1.54) is 113 Å². The van der Waals surface area contributed by atoms with E-state index in [-0.39, 0.29) is 0 Å². The molecule has 248 valence electrons. The van der Waals surface area contributed by atoms with Crippen molar-refractivity contribution in [3.63, 3.8) is 0 Å². The highest BCUT2D eigenvalue weighted by Gasteiger charge is 2.23. The first kappa shape index (κ1) is 46.2. The van der Waals surface area contributed by atoms with E-state index in [0.717, 1.165) is 0 Å². The molecule has 0 rings (SSSR count). The number of hydrogen-bond donors (Lipinski definition) is 2. The predicted octanol–water partition coefficient (Wildman–Crippen LogP) is 3.64. The van der Waals surface area contributed by atoms with Gasteiger partial charge in [0.25, 0.3) is 0 Å². The maximum absolute atomic E-state index is 9.55. The standard InChI is InChI=1S/2C12H28N.2C4H4O4/c2*1-5-9-13(10-6-2,11-7-3)12-8-4;2*5-3(6)1-2-4(7)8/h2*5-12H2,1-4H3;2*1-2H,(H,5,6)(H,7,8)/q2*+1;;/p-2/b;;2-1+;2-1-. The van der Waals surface area contributed by atoms with Crippen molar-refractivity contribution < 1.29 is 48.6 Å². The number of carboxylic acids is 4. The van der Waals surface area contributed by atoms with Gasteiger partial charge in [-0.05, 0) is 63.5 Å². The van der Waals surface area contributed by atoms with E-state index in [1.54, 1.807) is 0 Å². The zero-order chi connectivity index (χ0) is 33.5. The fourth-order valence-electron chi connectivity index (χ4n) is 5.42. The first-order valence-corrected chi connectivity index (χ1v) is 15.7. The van der Waals surface area contributed by atoms with Gasteiger partial charge in [-0.2, -0.15) is 0 Å². The molecule has 42 heavy (non-hydrogen) atoms. The quantitative estimate of drug-likeness (QED) is 0.158. The molecule has 0 unspecified atom stereocenters. The van der Waals surface area contributed by atoms with Gasteiger partial charge >= 0.3 is 11.9 Å². The molecule has 0 aliphatic carbocycles. The number of hydrogen-bond acceptors (Lipinski definition) is 6. The number of quaternary nitrogens is 2. The molecule has 0 bridgehead atoms. The molecule has 0 aromatic rings. The molecular formula is C32H62N2O8. The number of carbonyl (C=O) groups is 4. The van der Waals surface area contributed by atoms with Crippen LogP contribution in [0.3, 0.4) is 0 Å². The van der Waals surface area contributed by atoms with Crippen molar-refractivity contribution in [1.82, 2.24) is 0 Å². The summed E-state index contributed by atoms with van der Waals surface area (Å²) in [6.45, 7) is 29.6. The molecule has 10 heteroatoms. The molecule has 0 saturated heterocycles. The van der Waals surface area contributed by atoms with Crippen LogP contribution in [0.2, 0.25) is 0 Å². The number of carboxylic acid groups (broad SMARTS) is 4. The van der Waals surface area contributed by atoms with Gasteiger partial charge in [0.05, 0.1) is 64.3 Å². The van der Waals surface area contributed by atoms with Crippen molar-refractivity contribution in [3.8, 4) is 0 Å². The average molecular weight is 603 g/mol. The van der Waals surface area contributed by atoms with E-state index in [0.29, 0.717) is 24.3 Å². The highest BCUT2D eigenvalue weighted by atomic mass is 16.4. The van der Waals surface area contributed by atoms with Crippen LogP contribution >= 0.6 is 0 Å². The van der Waals surface area contributed by atoms with Crippen molar-refractivity contribution >= 4 is 23.9 Å². The monoisotopic (exact) mass is 602 g/mol. The lowest BCUT2D eigenvalue weighted by molar-refractivity contribution is -0.928. The molecule has 2 N–H and O–H groups in total. The minimum atomic E-state index is -1.55. The maximum Gasteiger partial charge on any atom is 0.328 e. The molecule has 0 heterocycles. The molecule has 0 aromatic carbocycles. The van der Waals surface area contributed by atoms with Crippen LogP contribution in [0.15, 0.2) is 24.3 Å². The van der Waals surface area contributed by atoms with Gasteiger partial charge in [0, 0.05) is 12.2 Å². The SMILES string of the molecule is CCC[N+](CCC)(CCC)CCC.CCC[N+](CCC)(CCC)CCC.O=C(O)/C=C\C(=O)O.O=C([O-])/C=C/C(=O)[O-]. The van der Waals surface area contributed by atoms with Crippen LogP contribution in [0.5, 0.6) is 0 Å². The van der Waals surface area contributed by atoms with Crippen LogP contribution in [0, 0.1) is 0 Å². The smallest absolute Gasteiger partial charge is 0.328 e. The number of aliphatic carboxylic acids is 4. The Labute approximate surface area is 255 Å². The summed E-state index contributed by atoms with van der Waals surface area (Å²) in [5, 5.41) is 34.5. The van der Waals surface area contributed by atoms with E-state index < -0.39 is 23.9 Å². The van der Waals surface area contributed by atoms with Crippen LogP contribution in [0.25, 0.3) is 0 Å². The van der Waals surface area contributed by atoms with Crippen molar-refractivity contribution in [2.45, 2.75) is 107 Å². The van der Waals surface area contributed by atoms with Crippen molar-refractivity contribution in [1.29, 1.82) is 0 Å². The zero-order valence-electron chi connectivity index (χ0n) is 27.9. The third kappa shape index (κ3) is 31.8. The van der Waals surface area contributed by atoms with Gasteiger partial charge in [-0.3, -0.25) is 0 Å². The van der Waals surface area contributed by atoms with Gasteiger partial charge in [0.2, 0.25) is 0 Å². The van der Waals surface area contributed by atoms with Gasteiger partial charge in [-0.25, -0.2) is 9.59 Å². The maximum atomic E-state index is 9.55. The van der Waals surface area contributed by atoms with Crippen LogP contribution in [0.1, 0.15) is 107 Å². The van der Waals surface area contributed by atoms with Gasteiger partial charge in [-0.15, -0.1) is 0 Å². The largest absolute Gasteiger partial charge is 0.545 e. The van der Waals surface area contributed by atoms with Crippen LogP contribution in [0.4, 0.5) is 0 Å². The first-order valence-electron chi connectivity index (χ1n) is 15.7. The van der Waals surface area contributed by atoms with Gasteiger partial charge < -0.3 is 39.0 Å². The third-order valence-electron chi connectivity index (χ3n) is 6.31. The van der Waals surface area contributed by atoms with Crippen molar-refractivity contribution in [2.75, 3.05) is 52.4 Å². The number of nitrogens with zero attached hydrogens (tertiary/aromatic N) is 2. The van der Waals surface area contributed by atoms with Gasteiger partial charge in [0.1, 0.15) is 0 Å². The van der Waals surface area contributed by atoms with Crippen molar-refractivity contribution in [3.05, 3.63) is 24.3 Å². The van der Waals surface area contributed by atoms with Crippen LogP contribution < -0.4 is 10.2 Å². The normalized spacial score (nSPS) is 11.0. The Kier molecular flexibility index (Phi) is 34.4. The topological polar surface area (TPSA) is 155 Å². The van der Waals surface area contributed by atoms with Gasteiger partial charge in [-0.1, -0.05) is 55.4 Å². The average Bonchev–Trinajstić information content (AvgIpc) is 2.89. The second-order valence-corrected chi connectivity index (χ2v) is 10.5. The predicted molar refractivity (Wildman–Crippen MR) is 165 cm³/mol. The van der Waals surface area contributed by atoms with Crippen LogP contribution in [-0.2, 0) is 19.2 Å². The summed E-state index contributed by atoms with van der Waals surface area (Å²) in [5.41, 5.74) is 0. The number of carbonyl (C=O) groups excluding carboxylic acids is 2. The molecule has 0 spiro atoms. The lowest BCUT2D eigenvalue weighted by atomic mass is 10.2. The summed E-state index contributed by atoms with van der Waals surface area (Å²) in [7, 11) is 0. The molecular weight excluding hydrogens is 540 g/mol. The van der Waals surface area contributed by atoms with Crippen LogP contribution in [-0.4, -0.2) is 95.4 Å². The first-order chi connectivity index (χ1) is 19.7. The summed E-state index contributed by atoms with van der Waals surface area (Å²) in [6.07, 6.45) is 12.6. The zero-order valence-corrected chi connectivity index (χ0v) is 27.9. The molecule has 0 saturated carbocycles. The Morgan fingerprint density at radius 2 is 0.595 bits per heavy atom. The third-order valence-corrected chi connectivity index (χ3v) is 6.31. The second-order valence-electron chi connectivity index (χ2n) is 10.5. The van der Waals surface area contributed by atoms with E-state index >= 15 is 0 Å². The Hall–Kier alpha value is -2.72. The summed E-state index contributed by atoms with van der Waals surface area (Å²) in [4.78, 5) is 37.9. The molecule has 0 aliphatic rings. The molecule has 0 atom stereocenters. The lowest BCUT2D eigenvalue weighted by Crippen LogP contribution is -2.50. The van der Waals surface area contributed by atoms with Gasteiger partial charge in [0.15, 0.2) is 0 Å². The molecule has 0 radical (unpaired) electrons. The summed E-state index contributed by atoms with van der Waals surface area (Å²) in [5.74, 6) is -5.61. The Morgan fingerprint density at radius 3 is 0.690 bits per heavy atom. The molecule has 0 fully saturated rings. The lowest BCUT2D eigenvalue weighted by Gasteiger charge is -2.38. The highest BCUT2D eigenvalue weighted by Crippen LogP contribution is 2.13. The van der Waals surface area contributed by atoms with E-state index in [4.69, 9.17) is 10.2 Å². The molecule has 10 nitrogen and oxygen atoms in total.